The van der Waals surface area contributed by atoms with Crippen LogP contribution in [0.5, 0.6) is 0 Å². The van der Waals surface area contributed by atoms with Gasteiger partial charge in [-0.1, -0.05) is 12.8 Å². The summed E-state index contributed by atoms with van der Waals surface area (Å²) >= 11 is 1.66. The summed E-state index contributed by atoms with van der Waals surface area (Å²) in [5, 5.41) is 17.7. The number of rotatable bonds is 5. The van der Waals surface area contributed by atoms with Crippen LogP contribution in [0.25, 0.3) is 17.0 Å². The first-order valence-electron chi connectivity index (χ1n) is 9.52. The van der Waals surface area contributed by atoms with Crippen molar-refractivity contribution in [2.75, 3.05) is 18.1 Å². The van der Waals surface area contributed by atoms with E-state index in [1.54, 1.807) is 11.3 Å². The van der Waals surface area contributed by atoms with Crippen molar-refractivity contribution in [3.05, 3.63) is 29.0 Å². The van der Waals surface area contributed by atoms with Crippen LogP contribution >= 0.6 is 11.3 Å². The quantitative estimate of drug-likeness (QED) is 0.685. The molecule has 3 aromatic heterocycles. The van der Waals surface area contributed by atoms with E-state index < -0.39 is 0 Å². The van der Waals surface area contributed by atoms with Crippen molar-refractivity contribution < 1.29 is 4.74 Å². The van der Waals surface area contributed by atoms with Gasteiger partial charge in [0, 0.05) is 30.1 Å². The summed E-state index contributed by atoms with van der Waals surface area (Å²) < 4.78 is 7.80. The van der Waals surface area contributed by atoms with Crippen molar-refractivity contribution in [1.82, 2.24) is 19.8 Å². The van der Waals surface area contributed by atoms with E-state index in [0.29, 0.717) is 12.1 Å². The van der Waals surface area contributed by atoms with Gasteiger partial charge in [-0.2, -0.15) is 15.9 Å². The number of ether oxygens (including phenoxy) is 1. The molecule has 1 saturated carbocycles. The smallest absolute Gasteiger partial charge is 0.186 e. The first kappa shape index (κ1) is 16.2. The highest BCUT2D eigenvalue weighted by Gasteiger charge is 2.28. The molecule has 0 radical (unpaired) electrons. The maximum Gasteiger partial charge on any atom is 0.186 e. The Morgan fingerprint density at radius 1 is 1.12 bits per heavy atom. The minimum atomic E-state index is 0.324. The fourth-order valence-electron chi connectivity index (χ4n) is 4.16. The van der Waals surface area contributed by atoms with E-state index in [-0.39, 0.29) is 0 Å². The molecule has 0 aromatic carbocycles. The Hall–Kier alpha value is -1.99. The lowest BCUT2D eigenvalue weighted by Gasteiger charge is -2.32. The molecular formula is C19H23N5OS. The van der Waals surface area contributed by atoms with Crippen LogP contribution in [0.1, 0.15) is 38.5 Å². The molecule has 0 amide bonds. The number of hydrogen-bond donors (Lipinski definition) is 0. The topological polar surface area (TPSA) is 55.5 Å². The summed E-state index contributed by atoms with van der Waals surface area (Å²) in [5.41, 5.74) is 1.86. The van der Waals surface area contributed by atoms with Crippen molar-refractivity contribution in [3.8, 4) is 11.4 Å². The Labute approximate surface area is 156 Å². The minimum absolute atomic E-state index is 0.324. The molecule has 0 spiro atoms. The van der Waals surface area contributed by atoms with Gasteiger partial charge in [-0.25, -0.2) is 0 Å². The first-order chi connectivity index (χ1) is 12.9. The highest BCUT2D eigenvalue weighted by Crippen LogP contribution is 2.29. The molecule has 7 heteroatoms. The molecule has 2 fully saturated rings. The lowest BCUT2D eigenvalue weighted by Crippen LogP contribution is -2.40. The van der Waals surface area contributed by atoms with Crippen LogP contribution in [0, 0.1) is 0 Å². The second kappa shape index (κ2) is 6.96. The van der Waals surface area contributed by atoms with Gasteiger partial charge in [0.25, 0.3) is 0 Å². The van der Waals surface area contributed by atoms with E-state index in [4.69, 9.17) is 9.84 Å². The molecule has 0 N–H and O–H groups in total. The summed E-state index contributed by atoms with van der Waals surface area (Å²) in [6, 6.07) is 6.75. The molecule has 2 aliphatic rings. The fourth-order valence-corrected chi connectivity index (χ4v) is 4.79. The third-order valence-corrected chi connectivity index (χ3v) is 6.20. The Bertz CT molecular complexity index is 865. The summed E-state index contributed by atoms with van der Waals surface area (Å²) in [6.45, 7) is 1.82. The predicted molar refractivity (Wildman–Crippen MR) is 103 cm³/mol. The van der Waals surface area contributed by atoms with Crippen LogP contribution in [0.3, 0.4) is 0 Å². The summed E-state index contributed by atoms with van der Waals surface area (Å²) in [5.74, 6) is 1.82. The molecular weight excluding hydrogens is 346 g/mol. The third-order valence-electron chi connectivity index (χ3n) is 5.51. The van der Waals surface area contributed by atoms with Crippen LogP contribution < -0.4 is 4.90 Å². The van der Waals surface area contributed by atoms with Gasteiger partial charge in [0.1, 0.15) is 5.82 Å². The molecule has 6 nitrogen and oxygen atoms in total. The largest absolute Gasteiger partial charge is 0.376 e. The molecule has 26 heavy (non-hydrogen) atoms. The van der Waals surface area contributed by atoms with Crippen LogP contribution in [0.4, 0.5) is 5.82 Å². The van der Waals surface area contributed by atoms with Gasteiger partial charge in [0.2, 0.25) is 0 Å². The van der Waals surface area contributed by atoms with Gasteiger partial charge >= 0.3 is 0 Å². The van der Waals surface area contributed by atoms with Gasteiger partial charge in [0.15, 0.2) is 11.5 Å². The van der Waals surface area contributed by atoms with Crippen LogP contribution in [-0.2, 0) is 4.74 Å². The minimum Gasteiger partial charge on any atom is -0.376 e. The van der Waals surface area contributed by atoms with Gasteiger partial charge in [-0.3, -0.25) is 0 Å². The van der Waals surface area contributed by atoms with Gasteiger partial charge in [-0.15, -0.1) is 15.3 Å². The van der Waals surface area contributed by atoms with E-state index >= 15 is 0 Å². The third kappa shape index (κ3) is 2.99. The normalized spacial score (nSPS) is 21.0. The Balaban J connectivity index is 1.52. The van der Waals surface area contributed by atoms with Crippen molar-refractivity contribution in [3.63, 3.8) is 0 Å². The highest BCUT2D eigenvalue weighted by molar-refractivity contribution is 7.08. The maximum atomic E-state index is 5.92. The second-order valence-corrected chi connectivity index (χ2v) is 8.00. The monoisotopic (exact) mass is 369 g/mol. The molecule has 3 aromatic rings. The van der Waals surface area contributed by atoms with Crippen molar-refractivity contribution in [2.45, 2.75) is 50.7 Å². The van der Waals surface area contributed by atoms with Crippen molar-refractivity contribution in [2.24, 2.45) is 0 Å². The molecule has 1 aliphatic carbocycles. The Morgan fingerprint density at radius 3 is 2.81 bits per heavy atom. The number of aromatic nitrogens is 4. The molecule has 1 atom stereocenters. The molecule has 0 bridgehead atoms. The average Bonchev–Trinajstić information content (AvgIpc) is 3.47. The Kier molecular flexibility index (Phi) is 4.34. The lowest BCUT2D eigenvalue weighted by molar-refractivity contribution is 0.113. The number of fused-ring (bicyclic) bond motifs is 1. The van der Waals surface area contributed by atoms with Crippen LogP contribution in [-0.4, -0.2) is 45.1 Å². The predicted octanol–water partition coefficient (Wildman–Crippen LogP) is 3.78. The molecule has 5 rings (SSSR count). The van der Waals surface area contributed by atoms with Gasteiger partial charge in [-0.05, 0) is 49.3 Å². The lowest BCUT2D eigenvalue weighted by atomic mass is 10.1. The van der Waals surface area contributed by atoms with Gasteiger partial charge < -0.3 is 9.64 Å². The van der Waals surface area contributed by atoms with Crippen LogP contribution in [0.15, 0.2) is 29.0 Å². The first-order valence-corrected chi connectivity index (χ1v) is 10.5. The second-order valence-electron chi connectivity index (χ2n) is 7.22. The van der Waals surface area contributed by atoms with Crippen molar-refractivity contribution in [1.29, 1.82) is 0 Å². The summed E-state index contributed by atoms with van der Waals surface area (Å²) in [6.07, 6.45) is 7.74. The molecule has 1 unspecified atom stereocenters. The molecule has 136 valence electrons. The number of thiophene rings is 1. The van der Waals surface area contributed by atoms with Gasteiger partial charge in [0.05, 0.1) is 6.10 Å². The number of nitrogens with zero attached hydrogens (tertiary/aromatic N) is 5. The molecule has 1 aliphatic heterocycles. The number of hydrogen-bond acceptors (Lipinski definition) is 6. The zero-order valence-electron chi connectivity index (χ0n) is 14.8. The Morgan fingerprint density at radius 2 is 2.04 bits per heavy atom. The zero-order chi connectivity index (χ0) is 17.3. The van der Waals surface area contributed by atoms with E-state index in [1.165, 1.54) is 32.1 Å². The van der Waals surface area contributed by atoms with E-state index in [9.17, 15) is 0 Å². The summed E-state index contributed by atoms with van der Waals surface area (Å²) in [7, 11) is 0. The van der Waals surface area contributed by atoms with Crippen LogP contribution in [0.2, 0.25) is 0 Å². The van der Waals surface area contributed by atoms with Crippen molar-refractivity contribution >= 4 is 22.8 Å². The highest BCUT2D eigenvalue weighted by atomic mass is 32.1. The zero-order valence-corrected chi connectivity index (χ0v) is 15.6. The number of anilines is 1. The maximum absolute atomic E-state index is 5.92. The summed E-state index contributed by atoms with van der Waals surface area (Å²) in [4.78, 5) is 2.47. The average molecular weight is 369 g/mol. The molecule has 4 heterocycles. The van der Waals surface area contributed by atoms with E-state index in [2.05, 4.69) is 38.0 Å². The van der Waals surface area contributed by atoms with E-state index in [0.717, 1.165) is 42.4 Å². The van der Waals surface area contributed by atoms with E-state index in [1.807, 2.05) is 10.6 Å². The standard InChI is InChI=1S/C19H23N5OS/c1-2-5-15(4-1)23(12-16-6-3-10-25-16)18-8-7-17-20-21-19(24(17)22-18)14-9-11-26-13-14/h7-9,11,13,15-16H,1-6,10,12H2. The molecule has 1 saturated heterocycles. The fraction of sp³-hybridized carbons (Fsp3) is 0.526. The SMILES string of the molecule is c1cc(-c2nnc3ccc(N(CC4CCCO4)C4CCCC4)nn23)cs1.